The Morgan fingerprint density at radius 2 is 2.05 bits per heavy atom. The molecule has 0 fully saturated rings. The Balaban J connectivity index is 1.65. The summed E-state index contributed by atoms with van der Waals surface area (Å²) in [5.41, 5.74) is 0.767. The smallest absolute Gasteiger partial charge is 0.271 e. The van der Waals surface area contributed by atoms with Crippen LogP contribution < -0.4 is 10.5 Å². The minimum Gasteiger partial charge on any atom is -0.447 e. The van der Waals surface area contributed by atoms with Crippen molar-refractivity contribution < 1.29 is 12.8 Å². The second kappa shape index (κ2) is 5.28. The molecule has 3 N–H and O–H groups in total. The van der Waals surface area contributed by atoms with Crippen LogP contribution in [0.15, 0.2) is 46.0 Å². The number of pyridine rings is 1. The maximum absolute atomic E-state index is 11.1. The van der Waals surface area contributed by atoms with E-state index in [2.05, 4.69) is 15.5 Å². The van der Waals surface area contributed by atoms with Gasteiger partial charge in [0, 0.05) is 6.20 Å². The summed E-state index contributed by atoms with van der Waals surface area (Å²) in [6, 6.07) is 8.54. The van der Waals surface area contributed by atoms with Crippen molar-refractivity contribution in [3.05, 3.63) is 48.1 Å². The normalized spacial score (nSPS) is 12.0. The molecule has 8 nitrogen and oxygen atoms in total. The van der Waals surface area contributed by atoms with E-state index in [-0.39, 0.29) is 5.09 Å². The fourth-order valence-corrected chi connectivity index (χ4v) is 2.40. The predicted molar refractivity (Wildman–Crippen MR) is 73.6 cm³/mol. The minimum absolute atomic E-state index is 0.243. The zero-order valence-electron chi connectivity index (χ0n) is 10.9. The molecule has 0 amide bonds. The van der Waals surface area contributed by atoms with Crippen LogP contribution >= 0.6 is 0 Å². The summed E-state index contributed by atoms with van der Waals surface area (Å²) in [5.74, 6) is 1.23. The van der Waals surface area contributed by atoms with Gasteiger partial charge in [-0.15, -0.1) is 10.2 Å². The van der Waals surface area contributed by atoms with E-state index in [9.17, 15) is 8.42 Å². The van der Waals surface area contributed by atoms with Gasteiger partial charge in [-0.05, 0) is 24.3 Å². The van der Waals surface area contributed by atoms with E-state index in [0.29, 0.717) is 18.8 Å². The van der Waals surface area contributed by atoms with Gasteiger partial charge >= 0.3 is 0 Å². The third-order valence-electron chi connectivity index (χ3n) is 2.88. The lowest BCUT2D eigenvalue weighted by molar-refractivity contribution is 0.401. The molecule has 3 aromatic rings. The number of hydrogen-bond acceptors (Lipinski definition) is 6. The van der Waals surface area contributed by atoms with Crippen LogP contribution in [0.5, 0.6) is 0 Å². The van der Waals surface area contributed by atoms with Gasteiger partial charge in [-0.3, -0.25) is 4.40 Å². The molecule has 0 atom stereocenters. The molecule has 0 saturated carbocycles. The Bertz CT molecular complexity index is 868. The molecule has 3 rings (SSSR count). The highest BCUT2D eigenvalue weighted by molar-refractivity contribution is 7.89. The topological polar surface area (TPSA) is 116 Å². The molecule has 0 aromatic carbocycles. The number of hydrogen-bond donors (Lipinski definition) is 2. The number of primary sulfonamides is 1. The molecule has 0 saturated heterocycles. The first-order chi connectivity index (χ1) is 10.0. The molecule has 0 aliphatic rings. The third kappa shape index (κ3) is 2.94. The Kier molecular flexibility index (Phi) is 3.45. The number of furan rings is 1. The number of nitrogens with two attached hydrogens (primary N) is 1. The van der Waals surface area contributed by atoms with Gasteiger partial charge in [0.1, 0.15) is 5.76 Å². The Labute approximate surface area is 120 Å². The van der Waals surface area contributed by atoms with E-state index in [0.717, 1.165) is 11.5 Å². The van der Waals surface area contributed by atoms with Crippen molar-refractivity contribution >= 4 is 15.7 Å². The largest absolute Gasteiger partial charge is 0.447 e. The Hall–Kier alpha value is -2.23. The summed E-state index contributed by atoms with van der Waals surface area (Å²) in [6.07, 6.45) is 1.87. The first kappa shape index (κ1) is 13.7. The molecule has 9 heteroatoms. The minimum atomic E-state index is -3.80. The molecule has 0 aliphatic heterocycles. The van der Waals surface area contributed by atoms with Crippen LogP contribution in [0.4, 0.5) is 0 Å². The average molecular weight is 307 g/mol. The quantitative estimate of drug-likeness (QED) is 0.698. The van der Waals surface area contributed by atoms with Crippen molar-refractivity contribution in [3.8, 4) is 0 Å². The number of sulfonamides is 1. The Morgan fingerprint density at radius 3 is 2.81 bits per heavy atom. The summed E-state index contributed by atoms with van der Waals surface area (Å²) in [4.78, 5) is 0. The lowest BCUT2D eigenvalue weighted by Gasteiger charge is -2.01. The zero-order valence-corrected chi connectivity index (χ0v) is 11.7. The van der Waals surface area contributed by atoms with Crippen LogP contribution in [0.1, 0.15) is 11.6 Å². The number of nitrogens with zero attached hydrogens (tertiary/aromatic N) is 3. The van der Waals surface area contributed by atoms with Crippen LogP contribution in [0, 0.1) is 0 Å². The molecular formula is C12H13N5O3S. The molecule has 3 heterocycles. The van der Waals surface area contributed by atoms with Gasteiger partial charge in [0.05, 0.1) is 13.1 Å². The van der Waals surface area contributed by atoms with Gasteiger partial charge in [-0.1, -0.05) is 6.07 Å². The molecule has 3 aromatic heterocycles. The Morgan fingerprint density at radius 1 is 1.19 bits per heavy atom. The summed E-state index contributed by atoms with van der Waals surface area (Å²) >= 11 is 0. The van der Waals surface area contributed by atoms with Gasteiger partial charge in [-0.25, -0.2) is 13.6 Å². The van der Waals surface area contributed by atoms with Gasteiger partial charge in [0.25, 0.3) is 10.0 Å². The van der Waals surface area contributed by atoms with E-state index in [1.165, 1.54) is 6.07 Å². The van der Waals surface area contributed by atoms with E-state index in [4.69, 9.17) is 9.56 Å². The lowest BCUT2D eigenvalue weighted by Crippen LogP contribution is -2.14. The van der Waals surface area contributed by atoms with Crippen molar-refractivity contribution in [3.63, 3.8) is 0 Å². The van der Waals surface area contributed by atoms with E-state index >= 15 is 0 Å². The SMILES string of the molecule is NS(=O)(=O)c1ccc(CNCc2nnc3ccccn23)o1. The third-order valence-corrected chi connectivity index (χ3v) is 3.66. The second-order valence-electron chi connectivity index (χ2n) is 4.41. The van der Waals surface area contributed by atoms with Crippen molar-refractivity contribution in [2.75, 3.05) is 0 Å². The molecule has 0 radical (unpaired) electrons. The highest BCUT2D eigenvalue weighted by atomic mass is 32.2. The monoisotopic (exact) mass is 307 g/mol. The molecule has 0 aliphatic carbocycles. The lowest BCUT2D eigenvalue weighted by atomic mass is 10.4. The molecule has 0 bridgehead atoms. The van der Waals surface area contributed by atoms with Crippen molar-refractivity contribution in [2.24, 2.45) is 5.14 Å². The second-order valence-corrected chi connectivity index (χ2v) is 5.91. The van der Waals surface area contributed by atoms with Crippen molar-refractivity contribution in [1.82, 2.24) is 19.9 Å². The standard InChI is InChI=1S/C12H13N5O3S/c13-21(18,19)12-5-4-9(20-12)7-14-8-11-16-15-10-3-1-2-6-17(10)11/h1-6,14H,7-8H2,(H2,13,18,19). The van der Waals surface area contributed by atoms with Crippen molar-refractivity contribution in [1.29, 1.82) is 0 Å². The summed E-state index contributed by atoms with van der Waals surface area (Å²) < 4.78 is 29.2. The van der Waals surface area contributed by atoms with Gasteiger partial charge in [-0.2, -0.15) is 0 Å². The van der Waals surface area contributed by atoms with E-state index in [1.807, 2.05) is 28.8 Å². The number of rotatable bonds is 5. The van der Waals surface area contributed by atoms with Crippen LogP contribution in [0.25, 0.3) is 5.65 Å². The van der Waals surface area contributed by atoms with Crippen LogP contribution in [0.2, 0.25) is 0 Å². The van der Waals surface area contributed by atoms with Crippen LogP contribution in [-0.4, -0.2) is 23.0 Å². The fraction of sp³-hybridized carbons (Fsp3) is 0.167. The molecule has 0 unspecified atom stereocenters. The summed E-state index contributed by atoms with van der Waals surface area (Å²) in [5, 5.41) is 15.9. The molecule has 110 valence electrons. The maximum Gasteiger partial charge on any atom is 0.271 e. The zero-order chi connectivity index (χ0) is 14.9. The molecular weight excluding hydrogens is 294 g/mol. The predicted octanol–water partition coefficient (Wildman–Crippen LogP) is 0.259. The molecule has 21 heavy (non-hydrogen) atoms. The van der Waals surface area contributed by atoms with Gasteiger partial charge in [0.15, 0.2) is 11.5 Å². The van der Waals surface area contributed by atoms with Crippen LogP contribution in [-0.2, 0) is 23.1 Å². The highest BCUT2D eigenvalue weighted by Crippen LogP contribution is 2.12. The van der Waals surface area contributed by atoms with Crippen molar-refractivity contribution in [2.45, 2.75) is 18.2 Å². The number of nitrogens with one attached hydrogen (secondary N) is 1. The molecule has 0 spiro atoms. The number of aromatic nitrogens is 3. The van der Waals surface area contributed by atoms with E-state index < -0.39 is 10.0 Å². The first-order valence-electron chi connectivity index (χ1n) is 6.15. The summed E-state index contributed by atoms with van der Waals surface area (Å²) in [6.45, 7) is 0.827. The highest BCUT2D eigenvalue weighted by Gasteiger charge is 2.13. The van der Waals surface area contributed by atoms with Gasteiger partial charge < -0.3 is 9.73 Å². The van der Waals surface area contributed by atoms with E-state index in [1.54, 1.807) is 6.07 Å². The average Bonchev–Trinajstić information content (AvgIpc) is 3.06. The number of fused-ring (bicyclic) bond motifs is 1. The summed E-state index contributed by atoms with van der Waals surface area (Å²) in [7, 11) is -3.80. The maximum atomic E-state index is 11.1. The van der Waals surface area contributed by atoms with Crippen LogP contribution in [0.3, 0.4) is 0 Å². The fourth-order valence-electron chi connectivity index (χ4n) is 1.92. The van der Waals surface area contributed by atoms with Gasteiger partial charge in [0.2, 0.25) is 5.09 Å². The first-order valence-corrected chi connectivity index (χ1v) is 7.69.